The lowest BCUT2D eigenvalue weighted by Gasteiger charge is -2.25. The lowest BCUT2D eigenvalue weighted by Crippen LogP contribution is -2.22. The van der Waals surface area contributed by atoms with Crippen LogP contribution in [0, 0.1) is 5.92 Å². The van der Waals surface area contributed by atoms with Gasteiger partial charge < -0.3 is 11.1 Å². The van der Waals surface area contributed by atoms with Gasteiger partial charge in [0.25, 0.3) is 0 Å². The zero-order valence-corrected chi connectivity index (χ0v) is 10.6. The summed E-state index contributed by atoms with van der Waals surface area (Å²) in [5.41, 5.74) is 8.12. The number of rotatable bonds is 7. The largest absolute Gasteiger partial charge is 0.399 e. The van der Waals surface area contributed by atoms with Crippen LogP contribution < -0.4 is 11.1 Å². The monoisotopic (exact) mass is 232 g/mol. The van der Waals surface area contributed by atoms with E-state index < -0.39 is 0 Å². The molecule has 0 heterocycles. The molecule has 0 aliphatic heterocycles. The predicted molar refractivity (Wildman–Crippen MR) is 74.0 cm³/mol. The number of hydrogen-bond acceptors (Lipinski definition) is 2. The van der Waals surface area contributed by atoms with E-state index in [4.69, 9.17) is 5.73 Å². The number of hydrogen-bond donors (Lipinski definition) is 2. The lowest BCUT2D eigenvalue weighted by atomic mass is 9.83. The molecule has 0 radical (unpaired) electrons. The van der Waals surface area contributed by atoms with E-state index in [0.717, 1.165) is 24.6 Å². The van der Waals surface area contributed by atoms with Crippen LogP contribution in [0.15, 0.2) is 24.3 Å². The quantitative estimate of drug-likeness (QED) is 0.560. The van der Waals surface area contributed by atoms with Crippen LogP contribution in [-0.4, -0.2) is 13.1 Å². The van der Waals surface area contributed by atoms with Gasteiger partial charge in [0, 0.05) is 5.69 Å². The summed E-state index contributed by atoms with van der Waals surface area (Å²) in [6.45, 7) is 2.30. The fourth-order valence-corrected chi connectivity index (χ4v) is 2.38. The Labute approximate surface area is 105 Å². The Morgan fingerprint density at radius 3 is 2.71 bits per heavy atom. The van der Waals surface area contributed by atoms with Crippen LogP contribution in [0.25, 0.3) is 0 Å². The smallest absolute Gasteiger partial charge is 0.0346 e. The molecule has 0 aromatic heterocycles. The van der Waals surface area contributed by atoms with Gasteiger partial charge in [0.05, 0.1) is 0 Å². The highest BCUT2D eigenvalue weighted by molar-refractivity contribution is 5.46. The number of benzene rings is 1. The summed E-state index contributed by atoms with van der Waals surface area (Å²) < 4.78 is 0. The summed E-state index contributed by atoms with van der Waals surface area (Å²) in [6.07, 6.45) is 8.01. The molecule has 1 aromatic carbocycles. The summed E-state index contributed by atoms with van der Waals surface area (Å²) in [6, 6.07) is 8.18. The van der Waals surface area contributed by atoms with Gasteiger partial charge in [-0.15, -0.1) is 0 Å². The summed E-state index contributed by atoms with van der Waals surface area (Å²) in [5, 5.41) is 3.53. The summed E-state index contributed by atoms with van der Waals surface area (Å²) >= 11 is 0. The molecular weight excluding hydrogens is 208 g/mol. The van der Waals surface area contributed by atoms with Crippen LogP contribution in [0.4, 0.5) is 5.69 Å². The van der Waals surface area contributed by atoms with Crippen LogP contribution in [0.5, 0.6) is 0 Å². The fourth-order valence-electron chi connectivity index (χ4n) is 2.38. The minimum absolute atomic E-state index is 0.932. The van der Waals surface area contributed by atoms with Crippen molar-refractivity contribution in [1.82, 2.24) is 5.32 Å². The zero-order valence-electron chi connectivity index (χ0n) is 10.6. The second kappa shape index (κ2) is 6.65. The summed E-state index contributed by atoms with van der Waals surface area (Å²) in [7, 11) is 0. The maximum absolute atomic E-state index is 5.91. The van der Waals surface area contributed by atoms with Crippen molar-refractivity contribution < 1.29 is 0 Å². The van der Waals surface area contributed by atoms with Gasteiger partial charge in [0.2, 0.25) is 0 Å². The van der Waals surface area contributed by atoms with E-state index >= 15 is 0 Å². The van der Waals surface area contributed by atoms with Gasteiger partial charge in [0.15, 0.2) is 0 Å². The van der Waals surface area contributed by atoms with Crippen molar-refractivity contribution in [2.75, 3.05) is 18.8 Å². The van der Waals surface area contributed by atoms with Gasteiger partial charge in [-0.25, -0.2) is 0 Å². The fraction of sp³-hybridized carbons (Fsp3) is 0.600. The number of aryl methyl sites for hydroxylation is 1. The molecule has 3 N–H and O–H groups in total. The predicted octanol–water partition coefficient (Wildman–Crippen LogP) is 2.98. The van der Waals surface area contributed by atoms with Crippen molar-refractivity contribution in [2.45, 2.75) is 38.5 Å². The minimum atomic E-state index is 0.932. The third-order valence-corrected chi connectivity index (χ3v) is 3.81. The average molecular weight is 232 g/mol. The van der Waals surface area contributed by atoms with E-state index in [1.165, 1.54) is 44.2 Å². The Bertz CT molecular complexity index is 331. The van der Waals surface area contributed by atoms with Crippen molar-refractivity contribution in [2.24, 2.45) is 5.92 Å². The van der Waals surface area contributed by atoms with Crippen molar-refractivity contribution in [3.63, 3.8) is 0 Å². The minimum Gasteiger partial charge on any atom is -0.399 e. The van der Waals surface area contributed by atoms with Crippen LogP contribution in [0.1, 0.15) is 37.7 Å². The van der Waals surface area contributed by atoms with Crippen LogP contribution in [-0.2, 0) is 6.42 Å². The summed E-state index contributed by atoms with van der Waals surface area (Å²) in [4.78, 5) is 0. The van der Waals surface area contributed by atoms with Crippen molar-refractivity contribution in [3.05, 3.63) is 29.8 Å². The van der Waals surface area contributed by atoms with E-state index in [1.807, 2.05) is 12.1 Å². The normalized spacial score (nSPS) is 15.8. The molecule has 0 spiro atoms. The first-order chi connectivity index (χ1) is 8.36. The van der Waals surface area contributed by atoms with Gasteiger partial charge in [-0.1, -0.05) is 37.5 Å². The van der Waals surface area contributed by atoms with Gasteiger partial charge in [0.1, 0.15) is 0 Å². The van der Waals surface area contributed by atoms with E-state index in [-0.39, 0.29) is 0 Å². The van der Waals surface area contributed by atoms with Crippen molar-refractivity contribution in [1.29, 1.82) is 0 Å². The molecule has 0 bridgehead atoms. The zero-order chi connectivity index (χ0) is 11.9. The van der Waals surface area contributed by atoms with Gasteiger partial charge in [-0.05, 0) is 49.9 Å². The molecule has 0 saturated heterocycles. The molecule has 1 saturated carbocycles. The molecule has 94 valence electrons. The topological polar surface area (TPSA) is 38.0 Å². The maximum Gasteiger partial charge on any atom is 0.0346 e. The van der Waals surface area contributed by atoms with Crippen LogP contribution in [0.2, 0.25) is 0 Å². The molecule has 0 atom stereocenters. The molecule has 2 rings (SSSR count). The molecule has 1 aromatic rings. The second-order valence-electron chi connectivity index (χ2n) is 5.14. The van der Waals surface area contributed by atoms with Gasteiger partial charge in [-0.2, -0.15) is 0 Å². The molecule has 0 unspecified atom stereocenters. The number of anilines is 1. The van der Waals surface area contributed by atoms with Crippen molar-refractivity contribution in [3.8, 4) is 0 Å². The van der Waals surface area contributed by atoms with Gasteiger partial charge >= 0.3 is 0 Å². The molecule has 1 aliphatic carbocycles. The third kappa shape index (κ3) is 4.04. The SMILES string of the molecule is Nc1ccccc1CCCNCCC1CCC1. The first-order valence-electron chi connectivity index (χ1n) is 6.90. The van der Waals surface area contributed by atoms with E-state index in [1.54, 1.807) is 0 Å². The average Bonchev–Trinajstić information content (AvgIpc) is 2.28. The Morgan fingerprint density at radius 2 is 2.00 bits per heavy atom. The maximum atomic E-state index is 5.91. The number of para-hydroxylation sites is 1. The van der Waals surface area contributed by atoms with E-state index in [9.17, 15) is 0 Å². The number of nitrogens with two attached hydrogens (primary N) is 1. The first-order valence-corrected chi connectivity index (χ1v) is 6.90. The molecular formula is C15H24N2. The Morgan fingerprint density at radius 1 is 1.18 bits per heavy atom. The highest BCUT2D eigenvalue weighted by Crippen LogP contribution is 2.28. The number of nitrogen functional groups attached to an aromatic ring is 1. The third-order valence-electron chi connectivity index (χ3n) is 3.81. The summed E-state index contributed by atoms with van der Waals surface area (Å²) in [5.74, 6) is 1.02. The van der Waals surface area contributed by atoms with Crippen LogP contribution in [0.3, 0.4) is 0 Å². The molecule has 2 nitrogen and oxygen atoms in total. The second-order valence-corrected chi connectivity index (χ2v) is 5.14. The molecule has 17 heavy (non-hydrogen) atoms. The van der Waals surface area contributed by atoms with Crippen molar-refractivity contribution >= 4 is 5.69 Å². The number of nitrogens with one attached hydrogen (secondary N) is 1. The standard InChI is InChI=1S/C15H24N2/c16-15-9-2-1-7-14(15)8-4-11-17-12-10-13-5-3-6-13/h1-2,7,9,13,17H,3-6,8,10-12,16H2. The van der Waals surface area contributed by atoms with Gasteiger partial charge in [-0.3, -0.25) is 0 Å². The Hall–Kier alpha value is -1.02. The van der Waals surface area contributed by atoms with E-state index in [0.29, 0.717) is 0 Å². The molecule has 0 amide bonds. The Kier molecular flexibility index (Phi) is 4.87. The highest BCUT2D eigenvalue weighted by Gasteiger charge is 2.15. The highest BCUT2D eigenvalue weighted by atomic mass is 14.8. The molecule has 1 aliphatic rings. The lowest BCUT2D eigenvalue weighted by molar-refractivity contribution is 0.292. The van der Waals surface area contributed by atoms with E-state index in [2.05, 4.69) is 17.4 Å². The Balaban J connectivity index is 1.52. The molecule has 1 fully saturated rings. The molecule has 2 heteroatoms. The first kappa shape index (κ1) is 12.4. The van der Waals surface area contributed by atoms with Crippen LogP contribution >= 0.6 is 0 Å².